The van der Waals surface area contributed by atoms with Crippen LogP contribution in [0, 0.1) is 5.82 Å². The van der Waals surface area contributed by atoms with Gasteiger partial charge in [0.1, 0.15) is 11.9 Å². The maximum absolute atomic E-state index is 13.7. The lowest BCUT2D eigenvalue weighted by molar-refractivity contribution is -0.150. The van der Waals surface area contributed by atoms with Crippen LogP contribution in [0.15, 0.2) is 60.8 Å². The Morgan fingerprint density at radius 1 is 0.974 bits per heavy atom. The van der Waals surface area contributed by atoms with Crippen molar-refractivity contribution in [1.82, 2.24) is 4.98 Å². The quantitative estimate of drug-likeness (QED) is 0.247. The second-order valence-corrected chi connectivity index (χ2v) is 9.00. The zero-order chi connectivity index (χ0) is 27.8. The highest BCUT2D eigenvalue weighted by atomic mass is 19.4. The van der Waals surface area contributed by atoms with Crippen molar-refractivity contribution >= 4 is 5.97 Å². The number of benzene rings is 2. The molecule has 0 bridgehead atoms. The Labute approximate surface area is 213 Å². The highest BCUT2D eigenvalue weighted by Crippen LogP contribution is 2.45. The van der Waals surface area contributed by atoms with Gasteiger partial charge in [-0.3, -0.25) is 9.78 Å². The van der Waals surface area contributed by atoms with Gasteiger partial charge in [0.15, 0.2) is 0 Å². The van der Waals surface area contributed by atoms with Gasteiger partial charge >= 0.3 is 18.3 Å². The van der Waals surface area contributed by atoms with Crippen LogP contribution in [-0.4, -0.2) is 17.1 Å². The van der Waals surface area contributed by atoms with E-state index in [0.717, 1.165) is 0 Å². The summed E-state index contributed by atoms with van der Waals surface area (Å²) in [5.74, 6) is -1.73. The highest BCUT2D eigenvalue weighted by Gasteiger charge is 2.41. The molecule has 0 spiro atoms. The summed E-state index contributed by atoms with van der Waals surface area (Å²) in [6, 6.07) is 10.1. The molecule has 2 aromatic carbocycles. The lowest BCUT2D eigenvalue weighted by atomic mass is 9.77. The van der Waals surface area contributed by atoms with Gasteiger partial charge in [-0.25, -0.2) is 4.39 Å². The molecule has 0 fully saturated rings. The van der Waals surface area contributed by atoms with Crippen molar-refractivity contribution in [3.63, 3.8) is 0 Å². The topological polar surface area (TPSA) is 48.4 Å². The van der Waals surface area contributed by atoms with Gasteiger partial charge in [-0.2, -0.15) is 26.3 Å². The first kappa shape index (κ1) is 27.6. The minimum atomic E-state index is -5.01. The Balaban J connectivity index is 1.77. The van der Waals surface area contributed by atoms with E-state index in [-0.39, 0.29) is 18.1 Å². The molecule has 1 heterocycles. The number of aromatic nitrogens is 1. The van der Waals surface area contributed by atoms with Crippen molar-refractivity contribution in [2.24, 2.45) is 0 Å². The molecule has 3 aromatic rings. The molecule has 0 radical (unpaired) electrons. The van der Waals surface area contributed by atoms with E-state index in [1.54, 1.807) is 12.1 Å². The van der Waals surface area contributed by atoms with E-state index in [2.05, 4.69) is 4.98 Å². The van der Waals surface area contributed by atoms with Crippen LogP contribution in [0.1, 0.15) is 71.9 Å². The predicted octanol–water partition coefficient (Wildman–Crippen LogP) is 7.54. The van der Waals surface area contributed by atoms with Crippen molar-refractivity contribution in [3.05, 3.63) is 100 Å². The van der Waals surface area contributed by atoms with Crippen LogP contribution in [0.4, 0.5) is 30.7 Å². The zero-order valence-corrected chi connectivity index (χ0v) is 20.1. The number of hydrogen-bond acceptors (Lipinski definition) is 4. The number of ether oxygens (including phenoxy) is 2. The van der Waals surface area contributed by atoms with Gasteiger partial charge in [-0.05, 0) is 60.0 Å². The monoisotopic (exact) mass is 541 g/mol. The molecular formula is C27H22F7NO3. The Kier molecular flexibility index (Phi) is 7.51. The van der Waals surface area contributed by atoms with Crippen molar-refractivity contribution in [1.29, 1.82) is 0 Å². The first-order valence-corrected chi connectivity index (χ1v) is 11.6. The molecule has 11 heteroatoms. The summed E-state index contributed by atoms with van der Waals surface area (Å²) in [6.45, 7) is 2.55. The number of alkyl halides is 6. The molecule has 0 saturated carbocycles. The molecule has 1 aliphatic carbocycles. The second kappa shape index (κ2) is 10.4. The summed E-state index contributed by atoms with van der Waals surface area (Å²) in [7, 11) is 0. The molecule has 38 heavy (non-hydrogen) atoms. The normalized spacial score (nSPS) is 20.5. The Morgan fingerprint density at radius 2 is 1.58 bits per heavy atom. The van der Waals surface area contributed by atoms with Crippen molar-refractivity contribution in [3.8, 4) is 0 Å². The number of rotatable bonds is 5. The van der Waals surface area contributed by atoms with E-state index in [4.69, 9.17) is 9.47 Å². The van der Waals surface area contributed by atoms with Gasteiger partial charge in [0, 0.05) is 25.5 Å². The zero-order valence-electron chi connectivity index (χ0n) is 20.1. The van der Waals surface area contributed by atoms with Crippen LogP contribution in [0.5, 0.6) is 0 Å². The summed E-state index contributed by atoms with van der Waals surface area (Å²) in [5.41, 5.74) is -1.64. The molecule has 0 aliphatic heterocycles. The molecule has 0 saturated heterocycles. The third-order valence-electron chi connectivity index (χ3n) is 6.33. The molecule has 4 atom stereocenters. The van der Waals surface area contributed by atoms with E-state index in [9.17, 15) is 35.5 Å². The Bertz CT molecular complexity index is 1270. The lowest BCUT2D eigenvalue weighted by Gasteiger charge is -2.38. The molecular weight excluding hydrogens is 519 g/mol. The number of fused-ring (bicyclic) bond motifs is 1. The number of esters is 1. The largest absolute Gasteiger partial charge is 0.456 e. The van der Waals surface area contributed by atoms with E-state index in [1.807, 2.05) is 0 Å². The highest BCUT2D eigenvalue weighted by molar-refractivity contribution is 5.66. The number of hydrogen-bond donors (Lipinski definition) is 0. The first-order valence-electron chi connectivity index (χ1n) is 11.6. The molecule has 0 amide bonds. The fourth-order valence-electron chi connectivity index (χ4n) is 4.68. The Hall–Kier alpha value is -3.47. The van der Waals surface area contributed by atoms with E-state index < -0.39 is 59.5 Å². The van der Waals surface area contributed by atoms with Gasteiger partial charge in [0.05, 0.1) is 29.0 Å². The van der Waals surface area contributed by atoms with Gasteiger partial charge in [-0.15, -0.1) is 0 Å². The van der Waals surface area contributed by atoms with Crippen LogP contribution in [-0.2, 0) is 26.6 Å². The van der Waals surface area contributed by atoms with E-state index >= 15 is 0 Å². The minimum absolute atomic E-state index is 0.0149. The maximum Gasteiger partial charge on any atom is 0.416 e. The third kappa shape index (κ3) is 5.98. The van der Waals surface area contributed by atoms with Crippen molar-refractivity contribution < 1.29 is 45.0 Å². The van der Waals surface area contributed by atoms with Crippen molar-refractivity contribution in [2.75, 3.05) is 0 Å². The molecule has 4 rings (SSSR count). The number of halogens is 7. The van der Waals surface area contributed by atoms with Gasteiger partial charge in [0.25, 0.3) is 0 Å². The van der Waals surface area contributed by atoms with E-state index in [1.165, 1.54) is 44.3 Å². The number of carbonyl (C=O) groups excluding carboxylic acids is 1. The number of nitrogens with zero attached hydrogens (tertiary/aromatic N) is 1. The summed E-state index contributed by atoms with van der Waals surface area (Å²) in [6.07, 6.45) is -11.5. The smallest absolute Gasteiger partial charge is 0.416 e. The SMILES string of the molecule is CC(=O)O[C@@H]1C[C@H](O[C@H](C)c2cc(C(F)(F)F)cc(C(F)(F)F)c2)[C@@H](c2ccc(F)cc2)c2cccnc21. The molecule has 4 nitrogen and oxygen atoms in total. The fraction of sp³-hybridized carbons (Fsp3) is 0.333. The number of carbonyl (C=O) groups is 1. The molecule has 202 valence electrons. The second-order valence-electron chi connectivity index (χ2n) is 9.00. The molecule has 0 unspecified atom stereocenters. The fourth-order valence-corrected chi connectivity index (χ4v) is 4.68. The summed E-state index contributed by atoms with van der Waals surface area (Å²) in [4.78, 5) is 16.1. The predicted molar refractivity (Wildman–Crippen MR) is 121 cm³/mol. The average Bonchev–Trinajstić information content (AvgIpc) is 2.83. The van der Waals surface area contributed by atoms with E-state index in [0.29, 0.717) is 29.0 Å². The van der Waals surface area contributed by atoms with Crippen molar-refractivity contribution in [2.45, 2.75) is 56.9 Å². The van der Waals surface area contributed by atoms with Gasteiger partial charge < -0.3 is 9.47 Å². The van der Waals surface area contributed by atoms with Crippen LogP contribution in [0.25, 0.3) is 0 Å². The van der Waals surface area contributed by atoms with Gasteiger partial charge in [-0.1, -0.05) is 18.2 Å². The van der Waals surface area contributed by atoms with Crippen LogP contribution >= 0.6 is 0 Å². The van der Waals surface area contributed by atoms with Gasteiger partial charge in [0.2, 0.25) is 0 Å². The Morgan fingerprint density at radius 3 is 2.13 bits per heavy atom. The lowest BCUT2D eigenvalue weighted by Crippen LogP contribution is -2.34. The van der Waals surface area contributed by atoms with Crippen LogP contribution in [0.3, 0.4) is 0 Å². The summed E-state index contributed by atoms with van der Waals surface area (Å²) >= 11 is 0. The average molecular weight is 541 g/mol. The van der Waals surface area contributed by atoms with Crippen LogP contribution in [0.2, 0.25) is 0 Å². The molecule has 1 aliphatic rings. The summed E-state index contributed by atoms with van der Waals surface area (Å²) in [5, 5.41) is 0. The maximum atomic E-state index is 13.7. The van der Waals surface area contributed by atoms with Crippen LogP contribution < -0.4 is 0 Å². The third-order valence-corrected chi connectivity index (χ3v) is 6.33. The molecule has 0 N–H and O–H groups in total. The standard InChI is InChI=1S/C27H22F7NO3/c1-14(17-10-18(26(29,30)31)12-19(11-17)27(32,33)34)37-22-13-23(38-15(2)36)25-21(4-3-9-35-25)24(22)16-5-7-20(28)8-6-16/h3-12,14,22-24H,13H2,1-2H3/t14-,22+,23-,24+/m1/s1. The number of pyridine rings is 1. The first-order chi connectivity index (χ1) is 17.7. The molecule has 1 aromatic heterocycles. The summed E-state index contributed by atoms with van der Waals surface area (Å²) < 4.78 is 106. The minimum Gasteiger partial charge on any atom is -0.456 e.